The molecule has 2 rings (SSSR count). The van der Waals surface area contributed by atoms with E-state index < -0.39 is 0 Å². The van der Waals surface area contributed by atoms with Gasteiger partial charge in [0.2, 0.25) is 0 Å². The third-order valence-corrected chi connectivity index (χ3v) is 3.38. The van der Waals surface area contributed by atoms with Crippen molar-refractivity contribution in [3.63, 3.8) is 0 Å². The minimum Gasteiger partial charge on any atom is -0.396 e. The van der Waals surface area contributed by atoms with Crippen LogP contribution in [0.2, 0.25) is 0 Å². The molecule has 1 aliphatic rings. The Morgan fingerprint density at radius 1 is 1.35 bits per heavy atom. The molecule has 1 saturated heterocycles. The molecule has 0 spiro atoms. The Bertz CT molecular complexity index is 332. The number of tetrazole rings is 1. The molecule has 0 aromatic carbocycles. The van der Waals surface area contributed by atoms with Crippen LogP contribution >= 0.6 is 0 Å². The number of aliphatic hydroxyl groups excluding tert-OH is 1. The first-order chi connectivity index (χ1) is 8.29. The second-order valence-corrected chi connectivity index (χ2v) is 4.85. The molecule has 1 aliphatic heterocycles. The maximum Gasteiger partial charge on any atom is 0.165 e. The molecule has 1 fully saturated rings. The van der Waals surface area contributed by atoms with Gasteiger partial charge in [0.05, 0.1) is 6.54 Å². The standard InChI is InChI=1S/C11H21N5O/c1-10-3-6-15(7-4-10)9-11-12-13-14-16(11)5-2-8-17/h10,17H,2-9H2,1H3. The van der Waals surface area contributed by atoms with Gasteiger partial charge < -0.3 is 5.11 Å². The Labute approximate surface area is 102 Å². The topological polar surface area (TPSA) is 67.1 Å². The Kier molecular flexibility index (Phi) is 4.44. The minimum absolute atomic E-state index is 0.181. The Morgan fingerprint density at radius 2 is 2.12 bits per heavy atom. The molecule has 1 aromatic rings. The summed E-state index contributed by atoms with van der Waals surface area (Å²) in [6.07, 6.45) is 3.23. The lowest BCUT2D eigenvalue weighted by Crippen LogP contribution is -2.33. The van der Waals surface area contributed by atoms with Crippen LogP contribution in [0.1, 0.15) is 32.0 Å². The van der Waals surface area contributed by atoms with Crippen molar-refractivity contribution in [3.8, 4) is 0 Å². The van der Waals surface area contributed by atoms with Gasteiger partial charge in [0, 0.05) is 13.2 Å². The van der Waals surface area contributed by atoms with Gasteiger partial charge in [0.1, 0.15) is 0 Å². The predicted octanol–water partition coefficient (Wildman–Crippen LogP) is 0.287. The van der Waals surface area contributed by atoms with Crippen molar-refractivity contribution < 1.29 is 5.11 Å². The van der Waals surface area contributed by atoms with Gasteiger partial charge in [0.15, 0.2) is 5.82 Å². The number of hydrogen-bond donors (Lipinski definition) is 1. The molecule has 0 radical (unpaired) electrons. The quantitative estimate of drug-likeness (QED) is 0.800. The zero-order chi connectivity index (χ0) is 12.1. The highest BCUT2D eigenvalue weighted by Gasteiger charge is 2.18. The van der Waals surface area contributed by atoms with Gasteiger partial charge in [-0.25, -0.2) is 4.68 Å². The van der Waals surface area contributed by atoms with Gasteiger partial charge in [-0.1, -0.05) is 6.92 Å². The second-order valence-electron chi connectivity index (χ2n) is 4.85. The third-order valence-electron chi connectivity index (χ3n) is 3.38. The summed E-state index contributed by atoms with van der Waals surface area (Å²) in [4.78, 5) is 2.40. The number of aryl methyl sites for hydroxylation is 1. The fraction of sp³-hybridized carbons (Fsp3) is 0.909. The molecule has 0 saturated carbocycles. The molecule has 6 nitrogen and oxygen atoms in total. The zero-order valence-electron chi connectivity index (χ0n) is 10.4. The summed E-state index contributed by atoms with van der Waals surface area (Å²) in [5.74, 6) is 1.75. The molecule has 1 N–H and O–H groups in total. The third kappa shape index (κ3) is 3.47. The van der Waals surface area contributed by atoms with Crippen LogP contribution in [0, 0.1) is 5.92 Å². The Morgan fingerprint density at radius 3 is 2.82 bits per heavy atom. The lowest BCUT2D eigenvalue weighted by Gasteiger charge is -2.29. The summed E-state index contributed by atoms with van der Waals surface area (Å²) >= 11 is 0. The highest BCUT2D eigenvalue weighted by Crippen LogP contribution is 2.17. The van der Waals surface area contributed by atoms with E-state index in [2.05, 4.69) is 27.3 Å². The van der Waals surface area contributed by atoms with Crippen LogP contribution < -0.4 is 0 Å². The van der Waals surface area contributed by atoms with Crippen LogP contribution in [0.4, 0.5) is 0 Å². The van der Waals surface area contributed by atoms with Crippen LogP contribution in [0.15, 0.2) is 0 Å². The van der Waals surface area contributed by atoms with E-state index in [1.165, 1.54) is 12.8 Å². The first-order valence-corrected chi connectivity index (χ1v) is 6.38. The molecule has 17 heavy (non-hydrogen) atoms. The number of aliphatic hydroxyl groups is 1. The molecule has 0 amide bonds. The van der Waals surface area contributed by atoms with E-state index in [-0.39, 0.29) is 6.61 Å². The van der Waals surface area contributed by atoms with Crippen molar-refractivity contribution in [1.82, 2.24) is 25.1 Å². The number of nitrogens with zero attached hydrogens (tertiary/aromatic N) is 5. The van der Waals surface area contributed by atoms with Gasteiger partial charge in [-0.15, -0.1) is 5.10 Å². The molecular weight excluding hydrogens is 218 g/mol. The largest absolute Gasteiger partial charge is 0.396 e. The Hall–Kier alpha value is -1.01. The molecule has 0 atom stereocenters. The van der Waals surface area contributed by atoms with Crippen molar-refractivity contribution in [3.05, 3.63) is 5.82 Å². The molecule has 0 unspecified atom stereocenters. The first kappa shape index (κ1) is 12.4. The maximum atomic E-state index is 8.81. The van der Waals surface area contributed by atoms with E-state index in [1.54, 1.807) is 4.68 Å². The monoisotopic (exact) mass is 239 g/mol. The smallest absolute Gasteiger partial charge is 0.165 e. The number of piperidine rings is 1. The van der Waals surface area contributed by atoms with E-state index in [1.807, 2.05) is 0 Å². The van der Waals surface area contributed by atoms with Crippen LogP contribution in [-0.4, -0.2) is 49.9 Å². The molecule has 1 aromatic heterocycles. The number of rotatable bonds is 5. The zero-order valence-corrected chi connectivity index (χ0v) is 10.4. The molecule has 0 bridgehead atoms. The van der Waals surface area contributed by atoms with Crippen molar-refractivity contribution in [1.29, 1.82) is 0 Å². The van der Waals surface area contributed by atoms with E-state index >= 15 is 0 Å². The molecule has 96 valence electrons. The SMILES string of the molecule is CC1CCN(Cc2nnnn2CCCO)CC1. The fourth-order valence-corrected chi connectivity index (χ4v) is 2.15. The average Bonchev–Trinajstić information content (AvgIpc) is 2.77. The number of likely N-dealkylation sites (tertiary alicyclic amines) is 1. The highest BCUT2D eigenvalue weighted by atomic mass is 16.3. The molecule has 0 aliphatic carbocycles. The van der Waals surface area contributed by atoms with Gasteiger partial charge >= 0.3 is 0 Å². The fourth-order valence-electron chi connectivity index (χ4n) is 2.15. The van der Waals surface area contributed by atoms with Crippen molar-refractivity contribution in [2.24, 2.45) is 5.92 Å². The van der Waals surface area contributed by atoms with E-state index in [0.717, 1.165) is 31.4 Å². The highest BCUT2D eigenvalue weighted by molar-refractivity contribution is 4.83. The van der Waals surface area contributed by atoms with Crippen LogP contribution in [-0.2, 0) is 13.1 Å². The number of hydrogen-bond acceptors (Lipinski definition) is 5. The Balaban J connectivity index is 1.87. The van der Waals surface area contributed by atoms with Crippen LogP contribution in [0.5, 0.6) is 0 Å². The summed E-state index contributed by atoms with van der Waals surface area (Å²) in [5, 5.41) is 20.5. The second kappa shape index (κ2) is 6.07. The van der Waals surface area contributed by atoms with Crippen LogP contribution in [0.3, 0.4) is 0 Å². The summed E-state index contributed by atoms with van der Waals surface area (Å²) in [7, 11) is 0. The summed E-state index contributed by atoms with van der Waals surface area (Å²) in [5.41, 5.74) is 0. The minimum atomic E-state index is 0.181. The summed E-state index contributed by atoms with van der Waals surface area (Å²) in [6.45, 7) is 6.28. The van der Waals surface area contributed by atoms with E-state index in [0.29, 0.717) is 13.0 Å². The van der Waals surface area contributed by atoms with Crippen molar-refractivity contribution >= 4 is 0 Å². The van der Waals surface area contributed by atoms with Crippen molar-refractivity contribution in [2.75, 3.05) is 19.7 Å². The lowest BCUT2D eigenvalue weighted by atomic mass is 9.99. The van der Waals surface area contributed by atoms with Crippen LogP contribution in [0.25, 0.3) is 0 Å². The predicted molar refractivity (Wildman–Crippen MR) is 63.2 cm³/mol. The molecule has 6 heteroatoms. The normalized spacial score (nSPS) is 18.7. The van der Waals surface area contributed by atoms with E-state index in [4.69, 9.17) is 5.11 Å². The lowest BCUT2D eigenvalue weighted by molar-refractivity contribution is 0.178. The van der Waals surface area contributed by atoms with Gasteiger partial charge in [-0.3, -0.25) is 4.90 Å². The summed E-state index contributed by atoms with van der Waals surface area (Å²) in [6, 6.07) is 0. The summed E-state index contributed by atoms with van der Waals surface area (Å²) < 4.78 is 1.80. The number of aromatic nitrogens is 4. The average molecular weight is 239 g/mol. The van der Waals surface area contributed by atoms with Gasteiger partial charge in [0.25, 0.3) is 0 Å². The van der Waals surface area contributed by atoms with Crippen molar-refractivity contribution in [2.45, 2.75) is 39.3 Å². The molecular formula is C11H21N5O. The maximum absolute atomic E-state index is 8.81. The first-order valence-electron chi connectivity index (χ1n) is 6.38. The van der Waals surface area contributed by atoms with Gasteiger partial charge in [-0.05, 0) is 48.7 Å². The van der Waals surface area contributed by atoms with Gasteiger partial charge in [-0.2, -0.15) is 0 Å². The van der Waals surface area contributed by atoms with E-state index in [9.17, 15) is 0 Å². The molecule has 2 heterocycles.